The fourth-order valence-corrected chi connectivity index (χ4v) is 2.27. The van der Waals surface area contributed by atoms with Gasteiger partial charge in [-0.1, -0.05) is 0 Å². The number of carbonyl (C=O) groups excluding carboxylic acids is 1. The third kappa shape index (κ3) is 3.05. The summed E-state index contributed by atoms with van der Waals surface area (Å²) in [5.41, 5.74) is 1.24. The van der Waals surface area contributed by atoms with E-state index < -0.39 is 0 Å². The summed E-state index contributed by atoms with van der Waals surface area (Å²) in [4.78, 5) is 20.2. The number of piperazine rings is 1. The van der Waals surface area contributed by atoms with Crippen molar-refractivity contribution in [3.63, 3.8) is 0 Å². The molecule has 1 fully saturated rings. The van der Waals surface area contributed by atoms with E-state index in [1.165, 1.54) is 5.56 Å². The number of amides is 1. The predicted molar refractivity (Wildman–Crippen MR) is 70.0 cm³/mol. The fourth-order valence-electron chi connectivity index (χ4n) is 2.27. The normalized spacial score (nSPS) is 21.8. The number of pyridine rings is 1. The maximum Gasteiger partial charge on any atom is 0.238 e. The number of nitrogens with zero attached hydrogens (tertiary/aromatic N) is 3. The number of rotatable bonds is 3. The molecule has 1 aromatic heterocycles. The Hall–Kier alpha value is -1.46. The molecule has 5 heteroatoms. The van der Waals surface area contributed by atoms with Crippen LogP contribution in [0.15, 0.2) is 24.5 Å². The lowest BCUT2D eigenvalue weighted by atomic mass is 10.1. The Labute approximate surface area is 108 Å². The van der Waals surface area contributed by atoms with E-state index in [4.69, 9.17) is 0 Å². The molecule has 1 atom stereocenters. The number of carbonyl (C=O) groups is 1. The molecule has 1 aromatic rings. The lowest BCUT2D eigenvalue weighted by molar-refractivity contribution is -0.127. The summed E-state index contributed by atoms with van der Waals surface area (Å²) in [6, 6.07) is 3.99. The molecule has 5 nitrogen and oxygen atoms in total. The van der Waals surface area contributed by atoms with E-state index >= 15 is 0 Å². The van der Waals surface area contributed by atoms with Crippen molar-refractivity contribution in [2.24, 2.45) is 0 Å². The number of likely N-dealkylation sites (N-methyl/N-ethyl adjacent to an activating group) is 2. The lowest BCUT2D eigenvalue weighted by Gasteiger charge is -2.38. The van der Waals surface area contributed by atoms with Crippen LogP contribution in [0, 0.1) is 0 Å². The third-order valence-electron chi connectivity index (χ3n) is 3.44. The van der Waals surface area contributed by atoms with Crippen molar-refractivity contribution in [1.82, 2.24) is 20.1 Å². The molecule has 0 aliphatic carbocycles. The quantitative estimate of drug-likeness (QED) is 0.814. The molecule has 0 saturated carbocycles. The molecule has 0 aromatic carbocycles. The van der Waals surface area contributed by atoms with Crippen LogP contribution in [0.1, 0.15) is 5.56 Å². The number of hydrogen-bond donors (Lipinski definition) is 1. The molecular weight excluding hydrogens is 228 g/mol. The Morgan fingerprint density at radius 3 is 2.83 bits per heavy atom. The highest BCUT2D eigenvalue weighted by Gasteiger charge is 2.29. The van der Waals surface area contributed by atoms with Crippen LogP contribution < -0.4 is 5.32 Å². The highest BCUT2D eigenvalue weighted by atomic mass is 16.2. The van der Waals surface area contributed by atoms with E-state index in [1.807, 2.05) is 31.6 Å². The summed E-state index contributed by atoms with van der Waals surface area (Å²) in [7, 11) is 3.70. The van der Waals surface area contributed by atoms with Gasteiger partial charge in [-0.2, -0.15) is 0 Å². The van der Waals surface area contributed by atoms with Crippen LogP contribution in [0.3, 0.4) is 0 Å². The molecule has 18 heavy (non-hydrogen) atoms. The van der Waals surface area contributed by atoms with Crippen LogP contribution in [0.5, 0.6) is 0 Å². The summed E-state index contributed by atoms with van der Waals surface area (Å²) in [6.45, 7) is 3.57. The van der Waals surface area contributed by atoms with Gasteiger partial charge < -0.3 is 5.32 Å². The van der Waals surface area contributed by atoms with Gasteiger partial charge in [-0.3, -0.25) is 19.6 Å². The second-order valence-corrected chi connectivity index (χ2v) is 4.70. The highest BCUT2D eigenvalue weighted by molar-refractivity contribution is 5.81. The van der Waals surface area contributed by atoms with Gasteiger partial charge in [0.15, 0.2) is 0 Å². The molecule has 1 N–H and O–H groups in total. The van der Waals surface area contributed by atoms with Crippen molar-refractivity contribution in [3.05, 3.63) is 30.1 Å². The van der Waals surface area contributed by atoms with Gasteiger partial charge in [-0.25, -0.2) is 0 Å². The third-order valence-corrected chi connectivity index (χ3v) is 3.44. The first-order valence-electron chi connectivity index (χ1n) is 6.24. The lowest BCUT2D eigenvalue weighted by Crippen LogP contribution is -2.56. The van der Waals surface area contributed by atoms with Gasteiger partial charge in [-0.15, -0.1) is 0 Å². The summed E-state index contributed by atoms with van der Waals surface area (Å²) >= 11 is 0. The molecule has 2 rings (SSSR count). The highest BCUT2D eigenvalue weighted by Crippen LogP contribution is 2.11. The Bertz CT molecular complexity index is 395. The molecule has 0 bridgehead atoms. The maximum absolute atomic E-state index is 11.8. The maximum atomic E-state index is 11.8. The zero-order valence-electron chi connectivity index (χ0n) is 11.0. The fraction of sp³-hybridized carbons (Fsp3) is 0.538. The van der Waals surface area contributed by atoms with Gasteiger partial charge in [0, 0.05) is 45.6 Å². The standard InChI is InChI=1S/C13H20N4O/c1-14-13(18)12-10-17(8-7-16(12)2)9-11-3-5-15-6-4-11/h3-6,12H,7-10H2,1-2H3,(H,14,18)/t12-/m1/s1. The average molecular weight is 248 g/mol. The van der Waals surface area contributed by atoms with Gasteiger partial charge >= 0.3 is 0 Å². The Morgan fingerprint density at radius 2 is 2.17 bits per heavy atom. The van der Waals surface area contributed by atoms with Crippen LogP contribution in [0.4, 0.5) is 0 Å². The van der Waals surface area contributed by atoms with Gasteiger partial charge in [0.2, 0.25) is 5.91 Å². The summed E-state index contributed by atoms with van der Waals surface area (Å²) < 4.78 is 0. The second-order valence-electron chi connectivity index (χ2n) is 4.70. The van der Waals surface area contributed by atoms with Gasteiger partial charge in [0.1, 0.15) is 6.04 Å². The molecule has 98 valence electrons. The van der Waals surface area contributed by atoms with E-state index in [1.54, 1.807) is 7.05 Å². The van der Waals surface area contributed by atoms with Crippen LogP contribution in [0.25, 0.3) is 0 Å². The first-order chi connectivity index (χ1) is 8.70. The first kappa shape index (κ1) is 13.0. The van der Waals surface area contributed by atoms with Crippen molar-refractivity contribution in [2.45, 2.75) is 12.6 Å². The van der Waals surface area contributed by atoms with Crippen LogP contribution >= 0.6 is 0 Å². The average Bonchev–Trinajstić information content (AvgIpc) is 2.41. The molecule has 2 heterocycles. The summed E-state index contributed by atoms with van der Waals surface area (Å²) in [6.07, 6.45) is 3.61. The first-order valence-corrected chi connectivity index (χ1v) is 6.24. The molecule has 0 spiro atoms. The van der Waals surface area contributed by atoms with E-state index in [-0.39, 0.29) is 11.9 Å². The molecule has 1 aliphatic rings. The van der Waals surface area contributed by atoms with Crippen molar-refractivity contribution < 1.29 is 4.79 Å². The van der Waals surface area contributed by atoms with Crippen LogP contribution in [-0.2, 0) is 11.3 Å². The predicted octanol–water partition coefficient (Wildman–Crippen LogP) is -0.0564. The molecule has 1 aliphatic heterocycles. The molecule has 0 radical (unpaired) electrons. The van der Waals surface area contributed by atoms with Crippen molar-refractivity contribution >= 4 is 5.91 Å². The zero-order valence-corrected chi connectivity index (χ0v) is 11.0. The van der Waals surface area contributed by atoms with Crippen LogP contribution in [-0.4, -0.2) is 60.5 Å². The molecule has 0 unspecified atom stereocenters. The zero-order chi connectivity index (χ0) is 13.0. The topological polar surface area (TPSA) is 48.5 Å². The summed E-state index contributed by atoms with van der Waals surface area (Å²) in [5.74, 6) is 0.0944. The van der Waals surface area contributed by atoms with E-state index in [2.05, 4.69) is 20.1 Å². The Balaban J connectivity index is 1.97. The number of nitrogens with one attached hydrogen (secondary N) is 1. The van der Waals surface area contributed by atoms with Gasteiger partial charge in [-0.05, 0) is 24.7 Å². The van der Waals surface area contributed by atoms with E-state index in [9.17, 15) is 4.79 Å². The Kier molecular flexibility index (Phi) is 4.28. The minimum absolute atomic E-state index is 0.0504. The molecular formula is C13H20N4O. The van der Waals surface area contributed by atoms with Crippen molar-refractivity contribution in [2.75, 3.05) is 33.7 Å². The number of hydrogen-bond acceptors (Lipinski definition) is 4. The smallest absolute Gasteiger partial charge is 0.238 e. The van der Waals surface area contributed by atoms with E-state index in [0.29, 0.717) is 0 Å². The summed E-state index contributed by atoms with van der Waals surface area (Å²) in [5, 5.41) is 2.73. The Morgan fingerprint density at radius 1 is 1.44 bits per heavy atom. The minimum Gasteiger partial charge on any atom is -0.358 e. The van der Waals surface area contributed by atoms with Gasteiger partial charge in [0.05, 0.1) is 0 Å². The van der Waals surface area contributed by atoms with E-state index in [0.717, 1.165) is 26.2 Å². The molecule has 1 saturated heterocycles. The second kappa shape index (κ2) is 5.93. The van der Waals surface area contributed by atoms with Crippen molar-refractivity contribution in [3.8, 4) is 0 Å². The van der Waals surface area contributed by atoms with Gasteiger partial charge in [0.25, 0.3) is 0 Å². The monoisotopic (exact) mass is 248 g/mol. The van der Waals surface area contributed by atoms with Crippen LogP contribution in [0.2, 0.25) is 0 Å². The minimum atomic E-state index is -0.0504. The molecule has 1 amide bonds. The van der Waals surface area contributed by atoms with Crippen molar-refractivity contribution in [1.29, 1.82) is 0 Å². The number of aromatic nitrogens is 1. The SMILES string of the molecule is CNC(=O)[C@H]1CN(Cc2ccncc2)CCN1C. The largest absolute Gasteiger partial charge is 0.358 e.